The molecule has 0 bridgehead atoms. The molecule has 26 heavy (non-hydrogen) atoms. The summed E-state index contributed by atoms with van der Waals surface area (Å²) in [6.07, 6.45) is 19.5. The molecule has 0 fully saturated rings. The topological polar surface area (TPSA) is 30.7 Å². The summed E-state index contributed by atoms with van der Waals surface area (Å²) in [5.41, 5.74) is 2.10. The van der Waals surface area contributed by atoms with Crippen LogP contribution in [0.4, 0.5) is 0 Å². The van der Waals surface area contributed by atoms with Crippen molar-refractivity contribution in [1.82, 2.24) is 15.0 Å². The van der Waals surface area contributed by atoms with Gasteiger partial charge in [-0.1, -0.05) is 102 Å². The number of fused-ring (bicyclic) bond motifs is 1. The van der Waals surface area contributed by atoms with Gasteiger partial charge in [-0.2, -0.15) is 0 Å². The van der Waals surface area contributed by atoms with Gasteiger partial charge >= 0.3 is 0 Å². The van der Waals surface area contributed by atoms with Crippen LogP contribution in [0.2, 0.25) is 0 Å². The molecule has 0 aliphatic carbocycles. The van der Waals surface area contributed by atoms with E-state index < -0.39 is 0 Å². The van der Waals surface area contributed by atoms with Gasteiger partial charge in [0.05, 0.1) is 5.52 Å². The number of hydrogen-bond acceptors (Lipinski definition) is 2. The molecule has 0 N–H and O–H groups in total. The first kappa shape index (κ1) is 21.4. The zero-order valence-electron chi connectivity index (χ0n) is 16.6. The van der Waals surface area contributed by atoms with Gasteiger partial charge in [-0.25, -0.2) is 4.68 Å². The maximum atomic E-state index is 4.29. The number of rotatable bonds is 15. The Morgan fingerprint density at radius 2 is 1.31 bits per heavy atom. The van der Waals surface area contributed by atoms with Crippen LogP contribution in [0.25, 0.3) is 11.0 Å². The molecular formula is C22H36BrN3. The molecule has 0 atom stereocenters. The summed E-state index contributed by atoms with van der Waals surface area (Å²) in [4.78, 5) is 0. The predicted molar refractivity (Wildman–Crippen MR) is 116 cm³/mol. The highest BCUT2D eigenvalue weighted by Gasteiger charge is 2.06. The molecule has 0 spiro atoms. The standard InChI is InChI=1S/C22H36BrN3/c1-2-3-4-5-6-7-8-9-10-11-12-13-14-15-19-26-21-18-16-17-20(23)22(21)24-25-26/h16-18H,2-15,19H2,1H3. The van der Waals surface area contributed by atoms with Crippen LogP contribution >= 0.6 is 15.9 Å². The summed E-state index contributed by atoms with van der Waals surface area (Å²) in [6.45, 7) is 3.26. The van der Waals surface area contributed by atoms with Gasteiger partial charge in [0, 0.05) is 11.0 Å². The van der Waals surface area contributed by atoms with Crippen molar-refractivity contribution in [3.8, 4) is 0 Å². The van der Waals surface area contributed by atoms with Crippen LogP contribution in [0.5, 0.6) is 0 Å². The van der Waals surface area contributed by atoms with Crippen molar-refractivity contribution in [2.45, 2.75) is 103 Å². The quantitative estimate of drug-likeness (QED) is 0.276. The average Bonchev–Trinajstić information content (AvgIpc) is 3.06. The molecule has 4 heteroatoms. The number of hydrogen-bond donors (Lipinski definition) is 0. The number of benzene rings is 1. The first-order valence-electron chi connectivity index (χ1n) is 10.8. The van der Waals surface area contributed by atoms with Crippen LogP contribution in [0.15, 0.2) is 22.7 Å². The van der Waals surface area contributed by atoms with E-state index in [9.17, 15) is 0 Å². The number of nitrogens with zero attached hydrogens (tertiary/aromatic N) is 3. The van der Waals surface area contributed by atoms with E-state index in [0.29, 0.717) is 0 Å². The van der Waals surface area contributed by atoms with Crippen LogP contribution in [0.3, 0.4) is 0 Å². The molecule has 2 aromatic rings. The van der Waals surface area contributed by atoms with Gasteiger partial charge in [0.1, 0.15) is 5.52 Å². The Bertz CT molecular complexity index is 608. The normalized spacial score (nSPS) is 11.5. The van der Waals surface area contributed by atoms with E-state index >= 15 is 0 Å². The van der Waals surface area contributed by atoms with E-state index in [1.54, 1.807) is 0 Å². The molecule has 0 aliphatic heterocycles. The highest BCUT2D eigenvalue weighted by molar-refractivity contribution is 9.10. The molecule has 2 rings (SSSR count). The van der Waals surface area contributed by atoms with Crippen LogP contribution in [-0.4, -0.2) is 15.0 Å². The zero-order chi connectivity index (χ0) is 18.5. The maximum absolute atomic E-state index is 4.29. The third-order valence-electron chi connectivity index (χ3n) is 5.22. The summed E-state index contributed by atoms with van der Waals surface area (Å²) < 4.78 is 3.07. The summed E-state index contributed by atoms with van der Waals surface area (Å²) in [7, 11) is 0. The number of halogens is 1. The lowest BCUT2D eigenvalue weighted by molar-refractivity contribution is 0.510. The SMILES string of the molecule is CCCCCCCCCCCCCCCCn1nnc2c(Br)cccc21. The van der Waals surface area contributed by atoms with Crippen LogP contribution in [0.1, 0.15) is 96.8 Å². The van der Waals surface area contributed by atoms with Gasteiger partial charge in [-0.05, 0) is 34.5 Å². The predicted octanol–water partition coefficient (Wildman–Crippen LogP) is 7.68. The van der Waals surface area contributed by atoms with Crippen LogP contribution in [-0.2, 0) is 6.54 Å². The van der Waals surface area contributed by atoms with Crippen LogP contribution < -0.4 is 0 Å². The summed E-state index contributed by atoms with van der Waals surface area (Å²) in [5, 5.41) is 8.56. The minimum atomic E-state index is 0.970. The van der Waals surface area contributed by atoms with Crippen molar-refractivity contribution in [2.24, 2.45) is 0 Å². The van der Waals surface area contributed by atoms with Crippen molar-refractivity contribution < 1.29 is 0 Å². The Balaban J connectivity index is 1.42. The fourth-order valence-electron chi connectivity index (χ4n) is 3.58. The minimum absolute atomic E-state index is 0.970. The molecule has 1 heterocycles. The average molecular weight is 422 g/mol. The summed E-state index contributed by atoms with van der Waals surface area (Å²) in [5.74, 6) is 0. The lowest BCUT2D eigenvalue weighted by Gasteiger charge is -2.04. The van der Waals surface area contributed by atoms with Crippen LogP contribution in [0, 0.1) is 0 Å². The molecule has 0 radical (unpaired) electrons. The Morgan fingerprint density at radius 1 is 0.769 bits per heavy atom. The third kappa shape index (κ3) is 7.77. The Kier molecular flexibility index (Phi) is 10.9. The Hall–Kier alpha value is -0.900. The molecule has 0 saturated carbocycles. The largest absolute Gasteiger partial charge is 0.245 e. The van der Waals surface area contributed by atoms with E-state index in [1.165, 1.54) is 89.9 Å². The van der Waals surface area contributed by atoms with Crippen molar-refractivity contribution in [1.29, 1.82) is 0 Å². The highest BCUT2D eigenvalue weighted by Crippen LogP contribution is 2.21. The molecule has 1 aromatic carbocycles. The smallest absolute Gasteiger partial charge is 0.127 e. The van der Waals surface area contributed by atoms with Gasteiger partial charge < -0.3 is 0 Å². The first-order valence-corrected chi connectivity index (χ1v) is 11.6. The van der Waals surface area contributed by atoms with Crippen molar-refractivity contribution >= 4 is 27.0 Å². The molecule has 3 nitrogen and oxygen atoms in total. The molecule has 0 unspecified atom stereocenters. The summed E-state index contributed by atoms with van der Waals surface area (Å²) in [6, 6.07) is 6.18. The molecule has 1 aromatic heterocycles. The first-order chi connectivity index (χ1) is 12.8. The molecular weight excluding hydrogens is 386 g/mol. The van der Waals surface area contributed by atoms with Gasteiger partial charge in [0.25, 0.3) is 0 Å². The van der Waals surface area contributed by atoms with Crippen molar-refractivity contribution in [3.63, 3.8) is 0 Å². The van der Waals surface area contributed by atoms with Gasteiger partial charge in [-0.3, -0.25) is 0 Å². The number of aromatic nitrogens is 3. The maximum Gasteiger partial charge on any atom is 0.127 e. The van der Waals surface area contributed by atoms with E-state index in [-0.39, 0.29) is 0 Å². The lowest BCUT2D eigenvalue weighted by Crippen LogP contribution is -2.00. The molecule has 146 valence electrons. The molecule has 0 amide bonds. The van der Waals surface area contributed by atoms with Gasteiger partial charge in [-0.15, -0.1) is 5.10 Å². The number of aryl methyl sites for hydroxylation is 1. The molecule has 0 aliphatic rings. The van der Waals surface area contributed by atoms with Crippen molar-refractivity contribution in [3.05, 3.63) is 22.7 Å². The fourth-order valence-corrected chi connectivity index (χ4v) is 4.01. The summed E-state index contributed by atoms with van der Waals surface area (Å²) >= 11 is 3.54. The van der Waals surface area contributed by atoms with E-state index in [4.69, 9.17) is 0 Å². The Morgan fingerprint density at radius 3 is 1.88 bits per heavy atom. The van der Waals surface area contributed by atoms with E-state index in [0.717, 1.165) is 22.1 Å². The third-order valence-corrected chi connectivity index (χ3v) is 5.86. The van der Waals surface area contributed by atoms with E-state index in [1.807, 2.05) is 10.7 Å². The van der Waals surface area contributed by atoms with Crippen molar-refractivity contribution in [2.75, 3.05) is 0 Å². The lowest BCUT2D eigenvalue weighted by atomic mass is 10.0. The van der Waals surface area contributed by atoms with Gasteiger partial charge in [0.15, 0.2) is 0 Å². The monoisotopic (exact) mass is 421 g/mol. The number of unbranched alkanes of at least 4 members (excludes halogenated alkanes) is 13. The van der Waals surface area contributed by atoms with E-state index in [2.05, 4.69) is 45.3 Å². The zero-order valence-corrected chi connectivity index (χ0v) is 18.1. The second-order valence-electron chi connectivity index (χ2n) is 7.52. The second kappa shape index (κ2) is 13.3. The highest BCUT2D eigenvalue weighted by atomic mass is 79.9. The fraction of sp³-hybridized carbons (Fsp3) is 0.727. The van der Waals surface area contributed by atoms with Gasteiger partial charge in [0.2, 0.25) is 0 Å². The minimum Gasteiger partial charge on any atom is -0.245 e. The second-order valence-corrected chi connectivity index (χ2v) is 8.37. The molecule has 0 saturated heterocycles. The Labute approximate surface area is 168 Å².